The summed E-state index contributed by atoms with van der Waals surface area (Å²) in [5, 5.41) is 11.7. The van der Waals surface area contributed by atoms with E-state index in [0.717, 1.165) is 65.2 Å². The highest BCUT2D eigenvalue weighted by atomic mass is 16.5. The molecule has 4 aromatic rings. The lowest BCUT2D eigenvalue weighted by atomic mass is 9.92. The Bertz CT molecular complexity index is 1480. The van der Waals surface area contributed by atoms with Crippen LogP contribution in [0.3, 0.4) is 0 Å². The number of aromatic nitrogens is 2. The minimum absolute atomic E-state index is 0.00228. The number of carbonyl (C=O) groups is 1. The van der Waals surface area contributed by atoms with Gasteiger partial charge in [0.25, 0.3) is 0 Å². The van der Waals surface area contributed by atoms with Crippen LogP contribution in [-0.2, 0) is 9.53 Å². The Hall–Kier alpha value is -4.00. The van der Waals surface area contributed by atoms with E-state index in [4.69, 9.17) is 4.74 Å². The van der Waals surface area contributed by atoms with Gasteiger partial charge in [0, 0.05) is 42.6 Å². The number of nitrogens with zero attached hydrogens (tertiary/aromatic N) is 2. The van der Waals surface area contributed by atoms with Crippen LogP contribution >= 0.6 is 0 Å². The molecule has 2 aliphatic rings. The molecule has 1 aromatic heterocycles. The van der Waals surface area contributed by atoms with Crippen molar-refractivity contribution in [3.63, 3.8) is 0 Å². The molecule has 0 saturated carbocycles. The minimum atomic E-state index is -0.00228. The third-order valence-corrected chi connectivity index (χ3v) is 7.69. The second kappa shape index (κ2) is 10.8. The van der Waals surface area contributed by atoms with Gasteiger partial charge in [0.2, 0.25) is 5.91 Å². The average molecular weight is 505 g/mol. The third-order valence-electron chi connectivity index (χ3n) is 7.69. The number of rotatable bonds is 6. The van der Waals surface area contributed by atoms with Crippen molar-refractivity contribution < 1.29 is 9.53 Å². The lowest BCUT2D eigenvalue weighted by Gasteiger charge is -2.32. The van der Waals surface area contributed by atoms with Gasteiger partial charge in [-0.25, -0.2) is 0 Å². The summed E-state index contributed by atoms with van der Waals surface area (Å²) >= 11 is 0. The van der Waals surface area contributed by atoms with Crippen LogP contribution in [0.25, 0.3) is 29.1 Å². The SMILES string of the molecule is CC(c1ccc(/C=C/c2n[nH]c3cc(/C=C4/C(=O)NCC4c4ccccc4)ccc23)cc1)N1CCOCC1. The van der Waals surface area contributed by atoms with E-state index in [2.05, 4.69) is 88.0 Å². The first kappa shape index (κ1) is 24.3. The zero-order valence-electron chi connectivity index (χ0n) is 21.6. The summed E-state index contributed by atoms with van der Waals surface area (Å²) in [6.45, 7) is 6.47. The van der Waals surface area contributed by atoms with Crippen molar-refractivity contribution in [3.8, 4) is 0 Å². The summed E-state index contributed by atoms with van der Waals surface area (Å²) < 4.78 is 5.49. The van der Waals surface area contributed by atoms with Crippen molar-refractivity contribution in [3.05, 3.63) is 106 Å². The van der Waals surface area contributed by atoms with Crippen molar-refractivity contribution in [2.45, 2.75) is 18.9 Å². The van der Waals surface area contributed by atoms with Gasteiger partial charge in [-0.2, -0.15) is 5.10 Å². The molecule has 0 spiro atoms. The number of H-pyrrole nitrogens is 1. The molecular weight excluding hydrogens is 472 g/mol. The fraction of sp³-hybridized carbons (Fsp3) is 0.250. The predicted molar refractivity (Wildman–Crippen MR) is 152 cm³/mol. The Labute approximate surface area is 223 Å². The van der Waals surface area contributed by atoms with Crippen LogP contribution < -0.4 is 5.32 Å². The molecule has 0 radical (unpaired) electrons. The number of aromatic amines is 1. The molecular formula is C32H32N4O2. The molecule has 2 unspecified atom stereocenters. The van der Waals surface area contributed by atoms with Crippen LogP contribution in [0.5, 0.6) is 0 Å². The van der Waals surface area contributed by atoms with Crippen molar-refractivity contribution in [2.75, 3.05) is 32.8 Å². The molecule has 3 heterocycles. The highest BCUT2D eigenvalue weighted by molar-refractivity contribution is 6.02. The van der Waals surface area contributed by atoms with Crippen molar-refractivity contribution in [1.82, 2.24) is 20.4 Å². The number of fused-ring (bicyclic) bond motifs is 1. The summed E-state index contributed by atoms with van der Waals surface area (Å²) in [7, 11) is 0. The van der Waals surface area contributed by atoms with E-state index < -0.39 is 0 Å². The average Bonchev–Trinajstić information content (AvgIpc) is 3.55. The summed E-state index contributed by atoms with van der Waals surface area (Å²) in [5.74, 6) is 0.0560. The molecule has 2 fully saturated rings. The maximum atomic E-state index is 12.6. The van der Waals surface area contributed by atoms with Crippen LogP contribution in [0.4, 0.5) is 0 Å². The number of ether oxygens (including phenoxy) is 1. The topological polar surface area (TPSA) is 70.2 Å². The normalized spacial score (nSPS) is 20.4. The van der Waals surface area contributed by atoms with Crippen molar-refractivity contribution >= 4 is 35.0 Å². The summed E-state index contributed by atoms with van der Waals surface area (Å²) in [6, 6.07) is 25.5. The van der Waals surface area contributed by atoms with Gasteiger partial charge in [-0.05, 0) is 53.5 Å². The lowest BCUT2D eigenvalue weighted by molar-refractivity contribution is -0.116. The van der Waals surface area contributed by atoms with E-state index in [0.29, 0.717) is 12.6 Å². The quantitative estimate of drug-likeness (QED) is 0.344. The van der Waals surface area contributed by atoms with E-state index in [9.17, 15) is 4.79 Å². The van der Waals surface area contributed by atoms with Gasteiger partial charge in [0.05, 0.1) is 24.4 Å². The van der Waals surface area contributed by atoms with Gasteiger partial charge < -0.3 is 10.1 Å². The lowest BCUT2D eigenvalue weighted by Crippen LogP contribution is -2.37. The van der Waals surface area contributed by atoms with Gasteiger partial charge >= 0.3 is 0 Å². The van der Waals surface area contributed by atoms with Crippen LogP contribution in [0.15, 0.2) is 78.4 Å². The second-order valence-corrected chi connectivity index (χ2v) is 10.0. The largest absolute Gasteiger partial charge is 0.379 e. The molecule has 6 nitrogen and oxygen atoms in total. The molecule has 6 rings (SSSR count). The third kappa shape index (κ3) is 5.05. The number of nitrogens with one attached hydrogen (secondary N) is 2. The number of hydrogen-bond acceptors (Lipinski definition) is 4. The van der Waals surface area contributed by atoms with E-state index in [-0.39, 0.29) is 11.8 Å². The molecule has 2 N–H and O–H groups in total. The number of morpholine rings is 1. The number of amides is 1. The zero-order chi connectivity index (χ0) is 25.9. The minimum Gasteiger partial charge on any atom is -0.379 e. The molecule has 38 heavy (non-hydrogen) atoms. The van der Waals surface area contributed by atoms with Crippen molar-refractivity contribution in [2.24, 2.45) is 0 Å². The van der Waals surface area contributed by atoms with Crippen LogP contribution in [0.2, 0.25) is 0 Å². The van der Waals surface area contributed by atoms with Gasteiger partial charge in [-0.15, -0.1) is 0 Å². The van der Waals surface area contributed by atoms with Crippen molar-refractivity contribution in [1.29, 1.82) is 0 Å². The van der Waals surface area contributed by atoms with E-state index >= 15 is 0 Å². The molecule has 2 saturated heterocycles. The highest BCUT2D eigenvalue weighted by Crippen LogP contribution is 2.31. The fourth-order valence-corrected chi connectivity index (χ4v) is 5.41. The maximum Gasteiger partial charge on any atom is 0.247 e. The fourth-order valence-electron chi connectivity index (χ4n) is 5.41. The Balaban J connectivity index is 1.18. The molecule has 3 aromatic carbocycles. The second-order valence-electron chi connectivity index (χ2n) is 10.0. The molecule has 1 amide bonds. The first-order chi connectivity index (χ1) is 18.7. The summed E-state index contributed by atoms with van der Waals surface area (Å²) in [6.07, 6.45) is 6.14. The Kier molecular flexibility index (Phi) is 6.90. The number of carbonyl (C=O) groups excluding carboxylic acids is 1. The molecule has 2 atom stereocenters. The first-order valence-electron chi connectivity index (χ1n) is 13.3. The molecule has 0 bridgehead atoms. The highest BCUT2D eigenvalue weighted by Gasteiger charge is 2.29. The van der Waals surface area contributed by atoms with E-state index in [1.807, 2.05) is 30.4 Å². The van der Waals surface area contributed by atoms with E-state index in [1.54, 1.807) is 0 Å². The van der Waals surface area contributed by atoms with Gasteiger partial charge in [0.15, 0.2) is 0 Å². The van der Waals surface area contributed by atoms with Gasteiger partial charge in [-0.3, -0.25) is 14.8 Å². The predicted octanol–water partition coefficient (Wildman–Crippen LogP) is 5.42. The van der Waals surface area contributed by atoms with Crippen LogP contribution in [-0.4, -0.2) is 53.9 Å². The van der Waals surface area contributed by atoms with Gasteiger partial charge in [0.1, 0.15) is 0 Å². The first-order valence-corrected chi connectivity index (χ1v) is 13.3. The standard InChI is InChI=1S/C32H32N4O2/c1-22(36-15-17-38-18-16-36)25-11-7-23(8-12-25)10-14-30-27-13-9-24(20-31(27)35-34-30)19-28-29(21-33-32(28)37)26-5-3-2-4-6-26/h2-14,19-20,22,29H,15-18,21H2,1H3,(H,33,37)(H,34,35)/b14-10+,28-19+. The monoisotopic (exact) mass is 504 g/mol. The number of benzene rings is 3. The number of hydrogen-bond donors (Lipinski definition) is 2. The molecule has 192 valence electrons. The summed E-state index contributed by atoms with van der Waals surface area (Å²) in [4.78, 5) is 15.0. The zero-order valence-corrected chi connectivity index (χ0v) is 21.6. The Morgan fingerprint density at radius 3 is 2.53 bits per heavy atom. The van der Waals surface area contributed by atoms with Crippen LogP contribution in [0.1, 0.15) is 46.8 Å². The maximum absolute atomic E-state index is 12.6. The molecule has 6 heteroatoms. The van der Waals surface area contributed by atoms with E-state index in [1.165, 1.54) is 5.56 Å². The molecule has 2 aliphatic heterocycles. The Morgan fingerprint density at radius 2 is 1.74 bits per heavy atom. The summed E-state index contributed by atoms with van der Waals surface area (Å²) in [5.41, 5.74) is 7.22. The van der Waals surface area contributed by atoms with Gasteiger partial charge in [-0.1, -0.05) is 66.7 Å². The Morgan fingerprint density at radius 1 is 0.974 bits per heavy atom. The molecule has 0 aliphatic carbocycles. The smallest absolute Gasteiger partial charge is 0.247 e. The van der Waals surface area contributed by atoms with Crippen LogP contribution in [0, 0.1) is 0 Å².